The Labute approximate surface area is 93.6 Å². The molecule has 0 aliphatic heterocycles. The van der Waals surface area contributed by atoms with Crippen molar-refractivity contribution in [3.05, 3.63) is 21.9 Å². The average molecular weight is 278 g/mol. The maximum absolute atomic E-state index is 13.0. The molecular formula is C9H9BrFNO3. The number of carbonyl (C=O) groups excluding carboxylic acids is 1. The smallest absolute Gasteiger partial charge is 0.196 e. The van der Waals surface area contributed by atoms with E-state index in [1.165, 1.54) is 6.92 Å². The molecular weight excluding hydrogens is 269 g/mol. The lowest BCUT2D eigenvalue weighted by molar-refractivity contribution is 0.0964. The Morgan fingerprint density at radius 1 is 1.53 bits per heavy atom. The Bertz CT molecular complexity index is 420. The number of aromatic hydroxyl groups is 2. The molecule has 0 fully saturated rings. The van der Waals surface area contributed by atoms with E-state index in [1.807, 2.05) is 0 Å². The molecule has 0 aliphatic rings. The quantitative estimate of drug-likeness (QED) is 0.566. The second-order valence-electron chi connectivity index (χ2n) is 3.07. The largest absolute Gasteiger partial charge is 0.504 e. The highest BCUT2D eigenvalue weighted by Gasteiger charge is 2.22. The maximum atomic E-state index is 13.0. The molecule has 15 heavy (non-hydrogen) atoms. The van der Waals surface area contributed by atoms with Crippen LogP contribution in [0.5, 0.6) is 11.5 Å². The standard InChI is InChI=1S/C9H9BrFNO3/c1-3(12)7(13)4-2-5(10)6(11)9(15)8(4)14/h2-3,14-15H,12H2,1H3. The summed E-state index contributed by atoms with van der Waals surface area (Å²) in [5.41, 5.74) is 5.11. The summed E-state index contributed by atoms with van der Waals surface area (Å²) < 4.78 is 12.9. The number of Topliss-reactive ketones (excluding diaryl/α,β-unsaturated/α-hetero) is 1. The minimum atomic E-state index is -1.02. The normalized spacial score (nSPS) is 12.5. The zero-order chi connectivity index (χ0) is 11.7. The van der Waals surface area contributed by atoms with Crippen molar-refractivity contribution in [1.29, 1.82) is 0 Å². The lowest BCUT2D eigenvalue weighted by Gasteiger charge is -2.09. The third-order valence-corrected chi connectivity index (χ3v) is 2.42. The first-order valence-electron chi connectivity index (χ1n) is 4.06. The monoisotopic (exact) mass is 277 g/mol. The average Bonchev–Trinajstić information content (AvgIpc) is 2.19. The number of hydrogen-bond donors (Lipinski definition) is 3. The van der Waals surface area contributed by atoms with E-state index in [-0.39, 0.29) is 10.0 Å². The van der Waals surface area contributed by atoms with Crippen LogP contribution in [0, 0.1) is 5.82 Å². The van der Waals surface area contributed by atoms with E-state index in [4.69, 9.17) is 10.8 Å². The molecule has 0 saturated heterocycles. The van der Waals surface area contributed by atoms with Crippen LogP contribution in [0.4, 0.5) is 4.39 Å². The molecule has 0 saturated carbocycles. The molecule has 6 heteroatoms. The molecule has 0 radical (unpaired) electrons. The summed E-state index contributed by atoms with van der Waals surface area (Å²) in [6.45, 7) is 1.43. The van der Waals surface area contributed by atoms with E-state index in [0.717, 1.165) is 6.07 Å². The lowest BCUT2D eigenvalue weighted by atomic mass is 10.0. The van der Waals surface area contributed by atoms with E-state index in [1.54, 1.807) is 0 Å². The van der Waals surface area contributed by atoms with Gasteiger partial charge in [0, 0.05) is 0 Å². The molecule has 0 bridgehead atoms. The van der Waals surface area contributed by atoms with Crippen LogP contribution in [0.2, 0.25) is 0 Å². The second-order valence-corrected chi connectivity index (χ2v) is 3.92. The van der Waals surface area contributed by atoms with Gasteiger partial charge in [-0.2, -0.15) is 0 Å². The molecule has 1 aromatic rings. The van der Waals surface area contributed by atoms with Gasteiger partial charge in [-0.3, -0.25) is 4.79 Å². The van der Waals surface area contributed by atoms with E-state index < -0.39 is 29.1 Å². The van der Waals surface area contributed by atoms with Crippen molar-refractivity contribution in [2.24, 2.45) is 5.73 Å². The van der Waals surface area contributed by atoms with Gasteiger partial charge in [-0.15, -0.1) is 0 Å². The maximum Gasteiger partial charge on any atom is 0.196 e. The van der Waals surface area contributed by atoms with Crippen molar-refractivity contribution in [2.45, 2.75) is 13.0 Å². The number of hydrogen-bond acceptors (Lipinski definition) is 4. The van der Waals surface area contributed by atoms with Crippen molar-refractivity contribution in [1.82, 2.24) is 0 Å². The summed E-state index contributed by atoms with van der Waals surface area (Å²) in [6, 6.07) is 0.239. The number of rotatable bonds is 2. The molecule has 4 nitrogen and oxygen atoms in total. The van der Waals surface area contributed by atoms with Crippen molar-refractivity contribution < 1.29 is 19.4 Å². The van der Waals surface area contributed by atoms with E-state index in [9.17, 15) is 14.3 Å². The van der Waals surface area contributed by atoms with Gasteiger partial charge in [0.05, 0.1) is 16.1 Å². The topological polar surface area (TPSA) is 83.6 Å². The van der Waals surface area contributed by atoms with E-state index >= 15 is 0 Å². The summed E-state index contributed by atoms with van der Waals surface area (Å²) in [4.78, 5) is 11.4. The van der Waals surface area contributed by atoms with Gasteiger partial charge in [0.15, 0.2) is 23.1 Å². The summed E-state index contributed by atoms with van der Waals surface area (Å²) in [5, 5.41) is 18.5. The Kier molecular flexibility index (Phi) is 3.31. The van der Waals surface area contributed by atoms with Crippen LogP contribution >= 0.6 is 15.9 Å². The number of carbonyl (C=O) groups is 1. The predicted molar refractivity (Wildman–Crippen MR) is 55.4 cm³/mol. The minimum Gasteiger partial charge on any atom is -0.504 e. The first-order chi connectivity index (χ1) is 6.86. The van der Waals surface area contributed by atoms with E-state index in [0.29, 0.717) is 0 Å². The van der Waals surface area contributed by atoms with Crippen molar-refractivity contribution in [3.8, 4) is 11.5 Å². The zero-order valence-electron chi connectivity index (χ0n) is 7.79. The Balaban J connectivity index is 3.39. The lowest BCUT2D eigenvalue weighted by Crippen LogP contribution is -2.26. The van der Waals surface area contributed by atoms with Crippen LogP contribution in [0.3, 0.4) is 0 Å². The van der Waals surface area contributed by atoms with Gasteiger partial charge in [0.1, 0.15) is 0 Å². The van der Waals surface area contributed by atoms with Gasteiger partial charge < -0.3 is 15.9 Å². The predicted octanol–water partition coefficient (Wildman–Crippen LogP) is 1.53. The van der Waals surface area contributed by atoms with Crippen LogP contribution in [0.1, 0.15) is 17.3 Å². The molecule has 0 heterocycles. The third-order valence-electron chi connectivity index (χ3n) is 1.85. The summed E-state index contributed by atoms with van der Waals surface area (Å²) >= 11 is 2.81. The van der Waals surface area contributed by atoms with Crippen LogP contribution in [-0.2, 0) is 0 Å². The highest BCUT2D eigenvalue weighted by Crippen LogP contribution is 2.36. The minimum absolute atomic E-state index is 0.109. The van der Waals surface area contributed by atoms with Gasteiger partial charge in [-0.05, 0) is 28.9 Å². The summed E-state index contributed by atoms with van der Waals surface area (Å²) in [7, 11) is 0. The Morgan fingerprint density at radius 3 is 2.53 bits per heavy atom. The van der Waals surface area contributed by atoms with Crippen molar-refractivity contribution in [3.63, 3.8) is 0 Å². The first kappa shape index (κ1) is 11.9. The van der Waals surface area contributed by atoms with Crippen LogP contribution < -0.4 is 5.73 Å². The number of halogens is 2. The fraction of sp³-hybridized carbons (Fsp3) is 0.222. The zero-order valence-corrected chi connectivity index (χ0v) is 9.38. The molecule has 0 aliphatic carbocycles. The fourth-order valence-corrected chi connectivity index (χ4v) is 1.45. The SMILES string of the molecule is CC(N)C(=O)c1cc(Br)c(F)c(O)c1O. The van der Waals surface area contributed by atoms with Crippen LogP contribution in [-0.4, -0.2) is 22.0 Å². The van der Waals surface area contributed by atoms with Gasteiger partial charge in [-0.25, -0.2) is 4.39 Å². The number of phenols is 2. The van der Waals surface area contributed by atoms with Crippen molar-refractivity contribution >= 4 is 21.7 Å². The van der Waals surface area contributed by atoms with E-state index in [2.05, 4.69) is 15.9 Å². The molecule has 1 unspecified atom stereocenters. The molecule has 82 valence electrons. The molecule has 0 amide bonds. The molecule has 4 N–H and O–H groups in total. The highest BCUT2D eigenvalue weighted by atomic mass is 79.9. The Hall–Kier alpha value is -1.14. The van der Waals surface area contributed by atoms with Gasteiger partial charge in [0.25, 0.3) is 0 Å². The first-order valence-corrected chi connectivity index (χ1v) is 4.85. The third kappa shape index (κ3) is 2.10. The summed E-state index contributed by atoms with van der Waals surface area (Å²) in [6.07, 6.45) is 0. The van der Waals surface area contributed by atoms with Crippen LogP contribution in [0.15, 0.2) is 10.5 Å². The number of ketones is 1. The van der Waals surface area contributed by atoms with Crippen molar-refractivity contribution in [2.75, 3.05) is 0 Å². The second kappa shape index (κ2) is 4.16. The molecule has 1 aromatic carbocycles. The Morgan fingerprint density at radius 2 is 2.07 bits per heavy atom. The molecule has 1 atom stereocenters. The highest BCUT2D eigenvalue weighted by molar-refractivity contribution is 9.10. The molecule has 0 spiro atoms. The molecule has 1 rings (SSSR count). The number of phenolic OH excluding ortho intramolecular Hbond substituents is 2. The van der Waals surface area contributed by atoms with Crippen LogP contribution in [0.25, 0.3) is 0 Å². The van der Waals surface area contributed by atoms with Gasteiger partial charge in [-0.1, -0.05) is 0 Å². The number of nitrogens with two attached hydrogens (primary N) is 1. The number of benzene rings is 1. The fourth-order valence-electron chi connectivity index (χ4n) is 1.04. The molecule has 0 aromatic heterocycles. The van der Waals surface area contributed by atoms with Gasteiger partial charge in [0.2, 0.25) is 0 Å². The summed E-state index contributed by atoms with van der Waals surface area (Å²) in [5.74, 6) is -3.36. The van der Waals surface area contributed by atoms with Gasteiger partial charge >= 0.3 is 0 Å².